The van der Waals surface area contributed by atoms with Crippen molar-refractivity contribution in [1.82, 2.24) is 5.32 Å². The Morgan fingerprint density at radius 3 is 2.32 bits per heavy atom. The van der Waals surface area contributed by atoms with Crippen molar-refractivity contribution in [3.63, 3.8) is 0 Å². The fourth-order valence-corrected chi connectivity index (χ4v) is 2.26. The third-order valence-corrected chi connectivity index (χ3v) is 3.82. The minimum absolute atomic E-state index is 0.138. The Bertz CT molecular complexity index is 795. The first-order valence-corrected chi connectivity index (χ1v) is 8.35. The van der Waals surface area contributed by atoms with Crippen LogP contribution >= 0.6 is 0 Å². The zero-order valence-corrected chi connectivity index (χ0v) is 15.4. The summed E-state index contributed by atoms with van der Waals surface area (Å²) in [5.74, 6) is 0.224. The van der Waals surface area contributed by atoms with E-state index in [4.69, 9.17) is 15.2 Å². The van der Waals surface area contributed by atoms with E-state index in [9.17, 15) is 18.0 Å². The number of nitrogens with one attached hydrogen (secondary N) is 1. The van der Waals surface area contributed by atoms with Crippen LogP contribution in [0.25, 0.3) is 0 Å². The lowest BCUT2D eigenvalue weighted by Crippen LogP contribution is -2.38. The van der Waals surface area contributed by atoms with Gasteiger partial charge >= 0.3 is 6.36 Å². The molecule has 0 aromatic heterocycles. The number of primary amides is 1. The van der Waals surface area contributed by atoms with Crippen molar-refractivity contribution < 1.29 is 32.2 Å². The fourth-order valence-electron chi connectivity index (χ4n) is 2.26. The topological polar surface area (TPSA) is 82.8 Å². The highest BCUT2D eigenvalue weighted by Crippen LogP contribution is 2.29. The smallest absolute Gasteiger partial charge is 0.493 e. The minimum atomic E-state index is -4.72. The Balaban J connectivity index is 1.97. The molecule has 0 fully saturated rings. The summed E-state index contributed by atoms with van der Waals surface area (Å²) in [6, 6.07) is 10.2. The summed E-state index contributed by atoms with van der Waals surface area (Å²) in [7, 11) is 1.49. The van der Waals surface area contributed by atoms with Crippen LogP contribution in [-0.4, -0.2) is 25.4 Å². The average Bonchev–Trinajstić information content (AvgIpc) is 2.64. The lowest BCUT2D eigenvalue weighted by Gasteiger charge is -2.14. The highest BCUT2D eigenvalue weighted by molar-refractivity contribution is 5.79. The van der Waals surface area contributed by atoms with Crippen molar-refractivity contribution in [2.45, 2.75) is 32.5 Å². The van der Waals surface area contributed by atoms with Crippen LogP contribution in [0, 0.1) is 0 Å². The first kappa shape index (κ1) is 21.4. The molecule has 0 aliphatic carbocycles. The van der Waals surface area contributed by atoms with Gasteiger partial charge in [0.05, 0.1) is 13.2 Å². The zero-order valence-electron chi connectivity index (χ0n) is 15.4. The van der Waals surface area contributed by atoms with Crippen LogP contribution in [0.4, 0.5) is 13.2 Å². The maximum Gasteiger partial charge on any atom is 0.573 e. The molecule has 1 amide bonds. The van der Waals surface area contributed by atoms with Gasteiger partial charge in [0.15, 0.2) is 11.5 Å². The summed E-state index contributed by atoms with van der Waals surface area (Å²) in [5, 5.41) is 2.99. The predicted octanol–water partition coefficient (Wildman–Crippen LogP) is 3.14. The molecule has 1 atom stereocenters. The van der Waals surface area contributed by atoms with Crippen LogP contribution < -0.4 is 25.3 Å². The molecule has 0 saturated heterocycles. The van der Waals surface area contributed by atoms with Gasteiger partial charge in [-0.2, -0.15) is 0 Å². The molecule has 152 valence electrons. The van der Waals surface area contributed by atoms with Crippen molar-refractivity contribution in [3.05, 3.63) is 53.6 Å². The number of amides is 1. The third kappa shape index (κ3) is 6.66. The van der Waals surface area contributed by atoms with Crippen molar-refractivity contribution in [1.29, 1.82) is 0 Å². The van der Waals surface area contributed by atoms with Gasteiger partial charge in [0, 0.05) is 6.54 Å². The summed E-state index contributed by atoms with van der Waals surface area (Å²) in [4.78, 5) is 11.1. The first-order chi connectivity index (χ1) is 13.2. The summed E-state index contributed by atoms with van der Waals surface area (Å²) < 4.78 is 51.4. The average molecular weight is 398 g/mol. The molecular formula is C19H21F3N2O4. The number of rotatable bonds is 9. The van der Waals surface area contributed by atoms with Gasteiger partial charge in [0.1, 0.15) is 12.4 Å². The number of halogens is 3. The highest BCUT2D eigenvalue weighted by Gasteiger charge is 2.30. The van der Waals surface area contributed by atoms with Gasteiger partial charge in [0.25, 0.3) is 0 Å². The van der Waals surface area contributed by atoms with Gasteiger partial charge in [-0.1, -0.05) is 18.2 Å². The number of hydrogen-bond donors (Lipinski definition) is 2. The lowest BCUT2D eigenvalue weighted by atomic mass is 10.2. The van der Waals surface area contributed by atoms with Crippen LogP contribution in [0.2, 0.25) is 0 Å². The molecule has 2 aromatic carbocycles. The molecule has 2 aromatic rings. The van der Waals surface area contributed by atoms with E-state index in [1.165, 1.54) is 31.4 Å². The lowest BCUT2D eigenvalue weighted by molar-refractivity contribution is -0.274. The molecule has 0 saturated carbocycles. The van der Waals surface area contributed by atoms with E-state index in [2.05, 4.69) is 10.1 Å². The predicted molar refractivity (Wildman–Crippen MR) is 95.9 cm³/mol. The molecule has 0 aliphatic rings. The highest BCUT2D eigenvalue weighted by atomic mass is 19.4. The van der Waals surface area contributed by atoms with Crippen molar-refractivity contribution in [2.24, 2.45) is 5.73 Å². The summed E-state index contributed by atoms with van der Waals surface area (Å²) in [5.41, 5.74) is 6.74. The fraction of sp³-hybridized carbons (Fsp3) is 0.316. The Labute approximate surface area is 160 Å². The summed E-state index contributed by atoms with van der Waals surface area (Å²) in [6.07, 6.45) is -4.72. The number of carbonyl (C=O) groups is 1. The van der Waals surface area contributed by atoms with Gasteiger partial charge in [-0.15, -0.1) is 13.2 Å². The van der Waals surface area contributed by atoms with E-state index in [-0.39, 0.29) is 12.4 Å². The number of alkyl halides is 3. The summed E-state index contributed by atoms with van der Waals surface area (Å²) >= 11 is 0. The molecule has 3 N–H and O–H groups in total. The van der Waals surface area contributed by atoms with E-state index >= 15 is 0 Å². The van der Waals surface area contributed by atoms with Crippen molar-refractivity contribution in [2.75, 3.05) is 7.11 Å². The molecule has 1 unspecified atom stereocenters. The second-order valence-corrected chi connectivity index (χ2v) is 5.97. The zero-order chi connectivity index (χ0) is 20.7. The second kappa shape index (κ2) is 9.32. The molecular weight excluding hydrogens is 377 g/mol. The minimum Gasteiger partial charge on any atom is -0.493 e. The van der Waals surface area contributed by atoms with Gasteiger partial charge in [-0.05, 0) is 42.3 Å². The Kier molecular flexibility index (Phi) is 7.11. The monoisotopic (exact) mass is 398 g/mol. The molecule has 28 heavy (non-hydrogen) atoms. The number of benzene rings is 2. The second-order valence-electron chi connectivity index (χ2n) is 5.97. The van der Waals surface area contributed by atoms with E-state index < -0.39 is 18.3 Å². The van der Waals surface area contributed by atoms with E-state index in [0.29, 0.717) is 23.6 Å². The van der Waals surface area contributed by atoms with Gasteiger partial charge < -0.3 is 25.3 Å². The van der Waals surface area contributed by atoms with Crippen molar-refractivity contribution >= 4 is 5.91 Å². The van der Waals surface area contributed by atoms with E-state index in [0.717, 1.165) is 5.56 Å². The van der Waals surface area contributed by atoms with Crippen LogP contribution in [-0.2, 0) is 17.9 Å². The molecule has 6 nitrogen and oxygen atoms in total. The Hall–Kier alpha value is -2.94. The molecule has 2 rings (SSSR count). The SMILES string of the molecule is COc1cc(CNC(C)C(N)=O)ccc1OCc1ccc(OC(F)(F)F)cc1. The number of methoxy groups -OCH3 is 1. The maximum absolute atomic E-state index is 12.2. The van der Waals surface area contributed by atoms with Crippen LogP contribution in [0.5, 0.6) is 17.2 Å². The van der Waals surface area contributed by atoms with Crippen molar-refractivity contribution in [3.8, 4) is 17.2 Å². The first-order valence-electron chi connectivity index (χ1n) is 8.35. The molecule has 9 heteroatoms. The normalized spacial score (nSPS) is 12.3. The van der Waals surface area contributed by atoms with Crippen LogP contribution in [0.3, 0.4) is 0 Å². The number of ether oxygens (including phenoxy) is 3. The number of nitrogens with two attached hydrogens (primary N) is 1. The largest absolute Gasteiger partial charge is 0.573 e. The number of carbonyl (C=O) groups excluding carboxylic acids is 1. The molecule has 0 bridgehead atoms. The Morgan fingerprint density at radius 1 is 1.11 bits per heavy atom. The molecule has 0 heterocycles. The summed E-state index contributed by atoms with van der Waals surface area (Å²) in [6.45, 7) is 2.22. The van der Waals surface area contributed by atoms with Gasteiger partial charge in [0.2, 0.25) is 5.91 Å². The van der Waals surface area contributed by atoms with Crippen LogP contribution in [0.15, 0.2) is 42.5 Å². The van der Waals surface area contributed by atoms with Crippen LogP contribution in [0.1, 0.15) is 18.1 Å². The van der Waals surface area contributed by atoms with Gasteiger partial charge in [-0.25, -0.2) is 0 Å². The molecule has 0 spiro atoms. The quantitative estimate of drug-likeness (QED) is 0.678. The van der Waals surface area contributed by atoms with Gasteiger partial charge in [-0.3, -0.25) is 4.79 Å². The molecule has 0 aliphatic heterocycles. The third-order valence-electron chi connectivity index (χ3n) is 3.82. The van der Waals surface area contributed by atoms with E-state index in [1.54, 1.807) is 25.1 Å². The number of hydrogen-bond acceptors (Lipinski definition) is 5. The Morgan fingerprint density at radius 2 is 1.75 bits per heavy atom. The standard InChI is InChI=1S/C19H21F3N2O4/c1-12(18(23)25)24-10-14-5-8-16(17(9-14)26-2)27-11-13-3-6-15(7-4-13)28-19(20,21)22/h3-9,12,24H,10-11H2,1-2H3,(H2,23,25). The maximum atomic E-state index is 12.2. The molecule has 0 radical (unpaired) electrons. The van der Waals surface area contributed by atoms with E-state index in [1.807, 2.05) is 0 Å².